The first-order chi connectivity index (χ1) is 16.9. The number of rotatable bonds is 8. The fourth-order valence-corrected chi connectivity index (χ4v) is 4.42. The fraction of sp³-hybridized carbons (Fsp3) is 0.333. The van der Waals surface area contributed by atoms with E-state index < -0.39 is 11.6 Å². The van der Waals surface area contributed by atoms with Crippen LogP contribution in [0.4, 0.5) is 0 Å². The molecule has 0 heterocycles. The summed E-state index contributed by atoms with van der Waals surface area (Å²) in [5.74, 6) is -0.319. The third kappa shape index (κ3) is 7.84. The van der Waals surface area contributed by atoms with Gasteiger partial charge in [0.15, 0.2) is 0 Å². The molecule has 0 aliphatic heterocycles. The summed E-state index contributed by atoms with van der Waals surface area (Å²) in [5.41, 5.74) is 4.42. The SMILES string of the molecule is Cc1ccc(C)c(CC(=O)N(Cc2ccc(Cl)c(Cl)c2)[C@@H](Cc2ccccc2)C(=O)NC(C)(C)C)c1. The Kier molecular flexibility index (Phi) is 9.21. The molecule has 190 valence electrons. The van der Waals surface area contributed by atoms with Gasteiger partial charge >= 0.3 is 0 Å². The zero-order valence-electron chi connectivity index (χ0n) is 21.6. The van der Waals surface area contributed by atoms with Crippen molar-refractivity contribution in [2.45, 2.75) is 65.6 Å². The summed E-state index contributed by atoms with van der Waals surface area (Å²) < 4.78 is 0. The Morgan fingerprint density at radius 1 is 0.889 bits per heavy atom. The number of halogens is 2. The molecule has 0 bridgehead atoms. The number of hydrogen-bond donors (Lipinski definition) is 1. The van der Waals surface area contributed by atoms with Gasteiger partial charge in [-0.2, -0.15) is 0 Å². The number of benzene rings is 3. The minimum Gasteiger partial charge on any atom is -0.350 e. The van der Waals surface area contributed by atoms with Crippen molar-refractivity contribution in [3.05, 3.63) is 105 Å². The predicted molar refractivity (Wildman–Crippen MR) is 148 cm³/mol. The van der Waals surface area contributed by atoms with Crippen LogP contribution >= 0.6 is 23.2 Å². The molecule has 6 heteroatoms. The van der Waals surface area contributed by atoms with Crippen LogP contribution in [0.3, 0.4) is 0 Å². The summed E-state index contributed by atoms with van der Waals surface area (Å²) in [4.78, 5) is 29.2. The van der Waals surface area contributed by atoms with Crippen LogP contribution < -0.4 is 5.32 Å². The van der Waals surface area contributed by atoms with E-state index in [0.29, 0.717) is 16.5 Å². The van der Waals surface area contributed by atoms with Gasteiger partial charge in [0.05, 0.1) is 16.5 Å². The monoisotopic (exact) mass is 524 g/mol. The first-order valence-electron chi connectivity index (χ1n) is 12.1. The number of aryl methyl sites for hydroxylation is 2. The molecular weight excluding hydrogens is 491 g/mol. The van der Waals surface area contributed by atoms with Crippen LogP contribution in [0.1, 0.15) is 48.6 Å². The number of carbonyl (C=O) groups is 2. The van der Waals surface area contributed by atoms with Crippen LogP contribution in [0.2, 0.25) is 10.0 Å². The van der Waals surface area contributed by atoms with Gasteiger partial charge in [0, 0.05) is 18.5 Å². The van der Waals surface area contributed by atoms with Crippen molar-refractivity contribution in [2.75, 3.05) is 0 Å². The van der Waals surface area contributed by atoms with E-state index in [1.165, 1.54) is 0 Å². The van der Waals surface area contributed by atoms with Gasteiger partial charge in [-0.25, -0.2) is 0 Å². The maximum atomic E-state index is 13.9. The molecule has 3 aromatic carbocycles. The molecule has 0 saturated heterocycles. The van der Waals surface area contributed by atoms with Gasteiger partial charge in [-0.1, -0.05) is 83.4 Å². The molecule has 0 aliphatic rings. The average Bonchev–Trinajstić information content (AvgIpc) is 2.80. The number of carbonyl (C=O) groups excluding carboxylic acids is 2. The van der Waals surface area contributed by atoms with Crippen molar-refractivity contribution >= 4 is 35.0 Å². The number of amides is 2. The minimum atomic E-state index is -0.710. The third-order valence-corrected chi connectivity index (χ3v) is 6.69. The Bertz CT molecular complexity index is 1220. The molecule has 0 fully saturated rings. The largest absolute Gasteiger partial charge is 0.350 e. The smallest absolute Gasteiger partial charge is 0.243 e. The van der Waals surface area contributed by atoms with Crippen LogP contribution in [0.5, 0.6) is 0 Å². The Morgan fingerprint density at radius 3 is 2.22 bits per heavy atom. The lowest BCUT2D eigenvalue weighted by Gasteiger charge is -2.34. The third-order valence-electron chi connectivity index (χ3n) is 5.95. The molecule has 2 amide bonds. The summed E-state index contributed by atoms with van der Waals surface area (Å²) in [6.45, 7) is 10.0. The van der Waals surface area contributed by atoms with E-state index >= 15 is 0 Å². The van der Waals surface area contributed by atoms with E-state index in [1.807, 2.05) is 89.2 Å². The highest BCUT2D eigenvalue weighted by atomic mass is 35.5. The Balaban J connectivity index is 2.04. The second kappa shape index (κ2) is 11.9. The van der Waals surface area contributed by atoms with E-state index in [-0.39, 0.29) is 24.8 Å². The van der Waals surface area contributed by atoms with Gasteiger partial charge in [-0.15, -0.1) is 0 Å². The van der Waals surface area contributed by atoms with Gasteiger partial charge in [0.25, 0.3) is 0 Å². The molecule has 0 spiro atoms. The molecule has 0 unspecified atom stereocenters. The molecule has 36 heavy (non-hydrogen) atoms. The summed E-state index contributed by atoms with van der Waals surface area (Å²) in [5, 5.41) is 3.94. The molecule has 3 rings (SSSR count). The van der Waals surface area contributed by atoms with E-state index in [0.717, 1.165) is 27.8 Å². The summed E-state index contributed by atoms with van der Waals surface area (Å²) in [6, 6.07) is 20.5. The zero-order chi connectivity index (χ0) is 26.5. The maximum Gasteiger partial charge on any atom is 0.243 e. The summed E-state index contributed by atoms with van der Waals surface area (Å²) in [7, 11) is 0. The molecular formula is C30H34Cl2N2O2. The molecule has 4 nitrogen and oxygen atoms in total. The highest BCUT2D eigenvalue weighted by molar-refractivity contribution is 6.42. The lowest BCUT2D eigenvalue weighted by Crippen LogP contribution is -2.54. The highest BCUT2D eigenvalue weighted by Crippen LogP contribution is 2.25. The minimum absolute atomic E-state index is 0.125. The Hall–Kier alpha value is -2.82. The standard InChI is InChI=1S/C30H34Cl2N2O2/c1-20-11-12-21(2)24(15-20)18-28(35)34(19-23-13-14-25(31)26(32)16-23)27(29(36)33-30(3,4)5)17-22-9-7-6-8-10-22/h6-16,27H,17-19H2,1-5H3,(H,33,36)/t27-/m0/s1. The Morgan fingerprint density at radius 2 is 1.58 bits per heavy atom. The second-order valence-electron chi connectivity index (χ2n) is 10.3. The van der Waals surface area contributed by atoms with Crippen LogP contribution in [0, 0.1) is 13.8 Å². The van der Waals surface area contributed by atoms with Gasteiger partial charge in [0.2, 0.25) is 11.8 Å². The van der Waals surface area contributed by atoms with Crippen molar-refractivity contribution in [2.24, 2.45) is 0 Å². The molecule has 3 aromatic rings. The van der Waals surface area contributed by atoms with E-state index in [9.17, 15) is 9.59 Å². The first kappa shape index (κ1) is 27.8. The maximum absolute atomic E-state index is 13.9. The number of hydrogen-bond acceptors (Lipinski definition) is 2. The van der Waals surface area contributed by atoms with Crippen LogP contribution in [-0.4, -0.2) is 28.3 Å². The van der Waals surface area contributed by atoms with E-state index in [1.54, 1.807) is 17.0 Å². The molecule has 1 N–H and O–H groups in total. The molecule has 0 aromatic heterocycles. The van der Waals surface area contributed by atoms with Crippen LogP contribution in [0.15, 0.2) is 66.7 Å². The zero-order valence-corrected chi connectivity index (χ0v) is 23.1. The average molecular weight is 526 g/mol. The van der Waals surface area contributed by atoms with Gasteiger partial charge in [0.1, 0.15) is 6.04 Å². The highest BCUT2D eigenvalue weighted by Gasteiger charge is 2.32. The van der Waals surface area contributed by atoms with E-state index in [4.69, 9.17) is 23.2 Å². The lowest BCUT2D eigenvalue weighted by atomic mass is 9.98. The van der Waals surface area contributed by atoms with Gasteiger partial charge in [-0.3, -0.25) is 9.59 Å². The number of nitrogens with one attached hydrogen (secondary N) is 1. The fourth-order valence-electron chi connectivity index (χ4n) is 4.10. The molecule has 1 atom stereocenters. The first-order valence-corrected chi connectivity index (χ1v) is 12.8. The normalized spacial score (nSPS) is 12.2. The summed E-state index contributed by atoms with van der Waals surface area (Å²) >= 11 is 12.4. The predicted octanol–water partition coefficient (Wildman–Crippen LogP) is 6.71. The molecule has 0 aliphatic carbocycles. The number of nitrogens with zero attached hydrogens (tertiary/aromatic N) is 1. The van der Waals surface area contributed by atoms with Crippen molar-refractivity contribution in [1.82, 2.24) is 10.2 Å². The van der Waals surface area contributed by atoms with Gasteiger partial charge in [-0.05, 0) is 69.0 Å². The topological polar surface area (TPSA) is 49.4 Å². The Labute approximate surface area is 224 Å². The van der Waals surface area contributed by atoms with Crippen molar-refractivity contribution in [3.63, 3.8) is 0 Å². The lowest BCUT2D eigenvalue weighted by molar-refractivity contribution is -0.141. The van der Waals surface area contributed by atoms with Crippen LogP contribution in [-0.2, 0) is 29.0 Å². The van der Waals surface area contributed by atoms with Crippen molar-refractivity contribution < 1.29 is 9.59 Å². The summed E-state index contributed by atoms with van der Waals surface area (Å²) in [6.07, 6.45) is 0.589. The van der Waals surface area contributed by atoms with Crippen molar-refractivity contribution in [3.8, 4) is 0 Å². The molecule has 0 radical (unpaired) electrons. The van der Waals surface area contributed by atoms with Gasteiger partial charge < -0.3 is 10.2 Å². The quantitative estimate of drug-likeness (QED) is 0.356. The van der Waals surface area contributed by atoms with Crippen molar-refractivity contribution in [1.29, 1.82) is 0 Å². The molecule has 0 saturated carbocycles. The van der Waals surface area contributed by atoms with Crippen LogP contribution in [0.25, 0.3) is 0 Å². The van der Waals surface area contributed by atoms with E-state index in [2.05, 4.69) is 5.32 Å². The second-order valence-corrected chi connectivity index (χ2v) is 11.1.